The van der Waals surface area contributed by atoms with E-state index in [1.165, 1.54) is 0 Å². The molecule has 2 aliphatic rings. The third-order valence-electron chi connectivity index (χ3n) is 9.65. The molecular weight excluding hydrogens is 628 g/mol. The minimum absolute atomic E-state index is 0.106. The van der Waals surface area contributed by atoms with Crippen LogP contribution in [0.25, 0.3) is 11.1 Å². The summed E-state index contributed by atoms with van der Waals surface area (Å²) in [6.45, 7) is 1.08. The van der Waals surface area contributed by atoms with Crippen molar-refractivity contribution in [3.8, 4) is 11.1 Å². The smallest absolute Gasteiger partial charge is 0.247 e. The van der Waals surface area contributed by atoms with E-state index in [4.69, 9.17) is 0 Å². The number of hydrogen-bond donors (Lipinski definition) is 4. The molecule has 4 aromatic carbocycles. The number of carbonyl (C=O) groups excluding carboxylic acids is 4. The van der Waals surface area contributed by atoms with Crippen LogP contribution in [0.1, 0.15) is 48.9 Å². The van der Waals surface area contributed by atoms with E-state index in [0.29, 0.717) is 37.3 Å². The van der Waals surface area contributed by atoms with Gasteiger partial charge in [0.15, 0.2) is 0 Å². The second kappa shape index (κ2) is 15.9. The topological polar surface area (TPSA) is 123 Å². The first-order valence-corrected chi connectivity index (χ1v) is 17.3. The van der Waals surface area contributed by atoms with Gasteiger partial charge in [0.05, 0.1) is 0 Å². The molecule has 2 saturated heterocycles. The Morgan fingerprint density at radius 2 is 0.900 bits per heavy atom. The van der Waals surface area contributed by atoms with E-state index in [1.807, 2.05) is 109 Å². The summed E-state index contributed by atoms with van der Waals surface area (Å²) in [5.41, 5.74) is 4.93. The second-order valence-electron chi connectivity index (χ2n) is 12.8. The van der Waals surface area contributed by atoms with Crippen LogP contribution in [0.5, 0.6) is 0 Å². The number of nitrogens with zero attached hydrogens (tertiary/aromatic N) is 2. The maximum Gasteiger partial charge on any atom is 0.247 e. The second-order valence-corrected chi connectivity index (χ2v) is 12.8. The SMILES string of the molecule is CN[C@H](C(=O)N1CCC[C@H]1C(=O)Nc1ccc(-c2ccc(NC(=O)[C@@H]3CCCN3C(=O)[C@@H](NC)c3ccccc3)cc2)cc1)c1ccccc1. The lowest BCUT2D eigenvalue weighted by Crippen LogP contribution is -2.47. The van der Waals surface area contributed by atoms with E-state index in [-0.39, 0.29) is 23.6 Å². The van der Waals surface area contributed by atoms with E-state index >= 15 is 0 Å². The molecule has 0 radical (unpaired) electrons. The van der Waals surface area contributed by atoms with Crippen LogP contribution in [-0.2, 0) is 19.2 Å². The van der Waals surface area contributed by atoms with E-state index in [1.54, 1.807) is 23.9 Å². The summed E-state index contributed by atoms with van der Waals surface area (Å²) in [6, 6.07) is 32.1. The number of nitrogens with one attached hydrogen (secondary N) is 4. The van der Waals surface area contributed by atoms with Crippen molar-refractivity contribution in [2.45, 2.75) is 49.9 Å². The van der Waals surface area contributed by atoms with E-state index in [2.05, 4.69) is 21.3 Å². The number of rotatable bonds is 11. The maximum atomic E-state index is 13.5. The molecule has 0 aromatic heterocycles. The van der Waals surface area contributed by atoms with Crippen LogP contribution in [0.2, 0.25) is 0 Å². The van der Waals surface area contributed by atoms with Gasteiger partial charge < -0.3 is 31.1 Å². The Hall–Kier alpha value is -5.32. The number of anilines is 2. The van der Waals surface area contributed by atoms with E-state index in [9.17, 15) is 19.2 Å². The zero-order chi connectivity index (χ0) is 35.0. The standard InChI is InChI=1S/C40H44N6O4/c1-41-35(29-11-5-3-6-12-29)39(49)45-25-9-15-33(45)37(47)43-31-21-17-27(18-22-31)28-19-23-32(24-20-28)44-38(48)34-16-10-26-46(34)40(50)36(42-2)30-13-7-4-8-14-30/h3-8,11-14,17-24,33-36,41-42H,9-10,15-16,25-26H2,1-2H3,(H,43,47)(H,44,48)/t33-,34-,35-,36-/m0/s1. The Bertz CT molecular complexity index is 1650. The molecule has 4 amide bonds. The van der Waals surface area contributed by atoms with Gasteiger partial charge in [-0.3, -0.25) is 19.2 Å². The fraction of sp³-hybridized carbons (Fsp3) is 0.300. The molecule has 2 heterocycles. The summed E-state index contributed by atoms with van der Waals surface area (Å²) in [5.74, 6) is -0.608. The highest BCUT2D eigenvalue weighted by Crippen LogP contribution is 2.28. The fourth-order valence-corrected chi connectivity index (χ4v) is 7.04. The lowest BCUT2D eigenvalue weighted by atomic mass is 10.0. The van der Waals surface area contributed by atoms with Crippen LogP contribution in [0, 0.1) is 0 Å². The highest BCUT2D eigenvalue weighted by Gasteiger charge is 2.38. The Balaban J connectivity index is 1.04. The van der Waals surface area contributed by atoms with Crippen molar-refractivity contribution in [2.75, 3.05) is 37.8 Å². The van der Waals surface area contributed by atoms with Gasteiger partial charge in [-0.2, -0.15) is 0 Å². The molecule has 2 fully saturated rings. The molecule has 50 heavy (non-hydrogen) atoms. The van der Waals surface area contributed by atoms with Gasteiger partial charge in [-0.1, -0.05) is 84.9 Å². The molecule has 0 aliphatic carbocycles. The number of carbonyl (C=O) groups is 4. The summed E-state index contributed by atoms with van der Waals surface area (Å²) in [4.78, 5) is 57.0. The molecule has 0 spiro atoms. The van der Waals surface area contributed by atoms with Crippen molar-refractivity contribution in [1.29, 1.82) is 0 Å². The normalized spacial score (nSPS) is 18.4. The summed E-state index contributed by atoms with van der Waals surface area (Å²) in [7, 11) is 3.51. The number of hydrogen-bond acceptors (Lipinski definition) is 6. The summed E-state index contributed by atoms with van der Waals surface area (Å²) in [6.07, 6.45) is 2.77. The molecule has 6 rings (SSSR count). The summed E-state index contributed by atoms with van der Waals surface area (Å²) < 4.78 is 0. The van der Waals surface area contributed by atoms with Crippen LogP contribution in [0.3, 0.4) is 0 Å². The first-order chi connectivity index (χ1) is 24.4. The average Bonchev–Trinajstić information content (AvgIpc) is 3.85. The number of likely N-dealkylation sites (N-methyl/N-ethyl adjacent to an activating group) is 2. The zero-order valence-electron chi connectivity index (χ0n) is 28.5. The van der Waals surface area contributed by atoms with Crippen molar-refractivity contribution in [3.63, 3.8) is 0 Å². The van der Waals surface area contributed by atoms with Crippen molar-refractivity contribution in [3.05, 3.63) is 120 Å². The molecule has 0 bridgehead atoms. The number of benzene rings is 4. The zero-order valence-corrected chi connectivity index (χ0v) is 28.5. The number of likely N-dealkylation sites (tertiary alicyclic amines) is 2. The maximum absolute atomic E-state index is 13.5. The Kier molecular flexibility index (Phi) is 11.0. The van der Waals surface area contributed by atoms with Gasteiger partial charge >= 0.3 is 0 Å². The van der Waals surface area contributed by atoms with Gasteiger partial charge in [0.1, 0.15) is 24.2 Å². The predicted molar refractivity (Wildman–Crippen MR) is 195 cm³/mol. The third kappa shape index (κ3) is 7.61. The average molecular weight is 673 g/mol. The Morgan fingerprint density at radius 3 is 1.24 bits per heavy atom. The molecular formula is C40H44N6O4. The van der Waals surface area contributed by atoms with Gasteiger partial charge in [-0.15, -0.1) is 0 Å². The van der Waals surface area contributed by atoms with Crippen molar-refractivity contribution < 1.29 is 19.2 Å². The molecule has 10 nitrogen and oxygen atoms in total. The molecule has 4 atom stereocenters. The molecule has 258 valence electrons. The van der Waals surface area contributed by atoms with Crippen molar-refractivity contribution in [2.24, 2.45) is 0 Å². The van der Waals surface area contributed by atoms with Crippen LogP contribution in [-0.4, -0.2) is 72.7 Å². The minimum Gasteiger partial charge on any atom is -0.329 e. The lowest BCUT2D eigenvalue weighted by Gasteiger charge is -2.28. The van der Waals surface area contributed by atoms with E-state index < -0.39 is 24.2 Å². The van der Waals surface area contributed by atoms with Crippen LogP contribution in [0.15, 0.2) is 109 Å². The largest absolute Gasteiger partial charge is 0.329 e. The predicted octanol–water partition coefficient (Wildman–Crippen LogP) is 5.13. The van der Waals surface area contributed by atoms with Crippen molar-refractivity contribution in [1.82, 2.24) is 20.4 Å². The van der Waals surface area contributed by atoms with Gasteiger partial charge in [0, 0.05) is 24.5 Å². The first kappa shape index (κ1) is 34.5. The first-order valence-electron chi connectivity index (χ1n) is 17.3. The monoisotopic (exact) mass is 672 g/mol. The van der Waals surface area contributed by atoms with Crippen molar-refractivity contribution >= 4 is 35.0 Å². The summed E-state index contributed by atoms with van der Waals surface area (Å²) in [5, 5.41) is 12.2. The Morgan fingerprint density at radius 1 is 0.540 bits per heavy atom. The molecule has 0 saturated carbocycles. The molecule has 4 aromatic rings. The van der Waals surface area contributed by atoms with Crippen LogP contribution >= 0.6 is 0 Å². The molecule has 2 aliphatic heterocycles. The van der Waals surface area contributed by atoms with Crippen LogP contribution in [0.4, 0.5) is 11.4 Å². The summed E-state index contributed by atoms with van der Waals surface area (Å²) >= 11 is 0. The highest BCUT2D eigenvalue weighted by atomic mass is 16.2. The van der Waals surface area contributed by atoms with Gasteiger partial charge in [0.2, 0.25) is 23.6 Å². The lowest BCUT2D eigenvalue weighted by molar-refractivity contribution is -0.138. The molecule has 4 N–H and O–H groups in total. The minimum atomic E-state index is -0.535. The quantitative estimate of drug-likeness (QED) is 0.175. The Labute approximate surface area is 293 Å². The fourth-order valence-electron chi connectivity index (χ4n) is 7.04. The third-order valence-corrected chi connectivity index (χ3v) is 9.65. The molecule has 10 heteroatoms. The number of amides is 4. The van der Waals surface area contributed by atoms with Gasteiger partial charge in [-0.05, 0) is 86.3 Å². The van der Waals surface area contributed by atoms with E-state index in [0.717, 1.165) is 35.1 Å². The highest BCUT2D eigenvalue weighted by molar-refractivity contribution is 5.99. The van der Waals surface area contributed by atoms with Gasteiger partial charge in [-0.25, -0.2) is 0 Å². The van der Waals surface area contributed by atoms with Crippen LogP contribution < -0.4 is 21.3 Å². The molecule has 0 unspecified atom stereocenters. The van der Waals surface area contributed by atoms with Gasteiger partial charge in [0.25, 0.3) is 0 Å².